The number of amides is 1. The molecule has 0 aliphatic heterocycles. The fourth-order valence-electron chi connectivity index (χ4n) is 2.54. The Hall–Kier alpha value is -2.99. The van der Waals surface area contributed by atoms with Crippen molar-refractivity contribution in [3.63, 3.8) is 0 Å². The molecule has 6 nitrogen and oxygen atoms in total. The van der Waals surface area contributed by atoms with Crippen molar-refractivity contribution in [3.05, 3.63) is 48.0 Å². The van der Waals surface area contributed by atoms with Crippen molar-refractivity contribution in [1.82, 2.24) is 5.32 Å². The molecule has 1 heterocycles. The number of hydrogen-bond acceptors (Lipinski definition) is 5. The van der Waals surface area contributed by atoms with Crippen LogP contribution in [0.1, 0.15) is 10.4 Å². The maximum atomic E-state index is 12.4. The zero-order chi connectivity index (χ0) is 17.8. The fraction of sp³-hybridized carbons (Fsp3) is 0.211. The van der Waals surface area contributed by atoms with Gasteiger partial charge in [0.1, 0.15) is 29.6 Å². The quantitative estimate of drug-likeness (QED) is 0.696. The molecule has 25 heavy (non-hydrogen) atoms. The minimum absolute atomic E-state index is 0.115. The van der Waals surface area contributed by atoms with Crippen molar-refractivity contribution in [2.24, 2.45) is 0 Å². The van der Waals surface area contributed by atoms with Crippen LogP contribution in [0, 0.1) is 0 Å². The van der Waals surface area contributed by atoms with Gasteiger partial charge in [-0.2, -0.15) is 0 Å². The Balaban J connectivity index is 2.06. The molecule has 0 spiro atoms. The third-order valence-corrected chi connectivity index (χ3v) is 3.82. The highest BCUT2D eigenvalue weighted by Crippen LogP contribution is 2.33. The van der Waals surface area contributed by atoms with Crippen molar-refractivity contribution < 1.29 is 23.4 Å². The van der Waals surface area contributed by atoms with Gasteiger partial charge >= 0.3 is 0 Å². The summed E-state index contributed by atoms with van der Waals surface area (Å²) in [4.78, 5) is 12.4. The number of rotatable bonds is 6. The van der Waals surface area contributed by atoms with Gasteiger partial charge in [-0.25, -0.2) is 0 Å². The average Bonchev–Trinajstić information content (AvgIpc) is 3.09. The van der Waals surface area contributed by atoms with Crippen LogP contribution < -0.4 is 14.8 Å². The van der Waals surface area contributed by atoms with Gasteiger partial charge in [0.2, 0.25) is 0 Å². The summed E-state index contributed by atoms with van der Waals surface area (Å²) >= 11 is 0. The number of carbonyl (C=O) groups excluding carboxylic acids is 1. The number of methoxy groups -OCH3 is 3. The average molecular weight is 341 g/mol. The van der Waals surface area contributed by atoms with Gasteiger partial charge < -0.3 is 23.9 Å². The first-order valence-corrected chi connectivity index (χ1v) is 7.69. The van der Waals surface area contributed by atoms with Gasteiger partial charge in [-0.3, -0.25) is 4.79 Å². The molecule has 0 unspecified atom stereocenters. The van der Waals surface area contributed by atoms with Gasteiger partial charge in [-0.15, -0.1) is 0 Å². The van der Waals surface area contributed by atoms with E-state index in [2.05, 4.69) is 5.32 Å². The van der Waals surface area contributed by atoms with E-state index in [0.717, 1.165) is 16.7 Å². The van der Waals surface area contributed by atoms with Crippen LogP contribution in [0.2, 0.25) is 0 Å². The van der Waals surface area contributed by atoms with Crippen molar-refractivity contribution in [2.45, 2.75) is 0 Å². The van der Waals surface area contributed by atoms with Crippen LogP contribution in [0.3, 0.4) is 0 Å². The number of ether oxygens (including phenoxy) is 3. The first kappa shape index (κ1) is 16.9. The molecule has 3 rings (SSSR count). The van der Waals surface area contributed by atoms with E-state index >= 15 is 0 Å². The summed E-state index contributed by atoms with van der Waals surface area (Å²) < 4.78 is 21.3. The molecule has 0 saturated heterocycles. The lowest BCUT2D eigenvalue weighted by atomic mass is 10.1. The smallest absolute Gasteiger partial charge is 0.257 e. The molecule has 3 aromatic rings. The van der Waals surface area contributed by atoms with Gasteiger partial charge in [0.05, 0.1) is 19.8 Å². The van der Waals surface area contributed by atoms with Crippen molar-refractivity contribution in [3.8, 4) is 22.8 Å². The fourth-order valence-corrected chi connectivity index (χ4v) is 2.54. The van der Waals surface area contributed by atoms with Gasteiger partial charge in [-0.05, 0) is 42.5 Å². The van der Waals surface area contributed by atoms with Gasteiger partial charge in [-0.1, -0.05) is 0 Å². The number of benzene rings is 2. The third kappa shape index (κ3) is 3.44. The van der Waals surface area contributed by atoms with Gasteiger partial charge in [0.25, 0.3) is 5.91 Å². The largest absolute Gasteiger partial charge is 0.497 e. The summed E-state index contributed by atoms with van der Waals surface area (Å²) in [7, 11) is 4.69. The lowest BCUT2D eigenvalue weighted by molar-refractivity contribution is 0.0872. The molecule has 0 aliphatic rings. The Bertz CT molecular complexity index is 883. The molecule has 1 amide bonds. The van der Waals surface area contributed by atoms with E-state index in [1.165, 1.54) is 7.11 Å². The molecule has 130 valence electrons. The van der Waals surface area contributed by atoms with Crippen LogP contribution in [0.25, 0.3) is 22.3 Å². The Kier molecular flexibility index (Phi) is 4.90. The minimum atomic E-state index is -0.290. The maximum absolute atomic E-state index is 12.4. The number of fused-ring (bicyclic) bond motifs is 1. The summed E-state index contributed by atoms with van der Waals surface area (Å²) in [5.41, 5.74) is 1.78. The molecule has 2 aromatic carbocycles. The normalized spacial score (nSPS) is 10.7. The Morgan fingerprint density at radius 3 is 2.36 bits per heavy atom. The molecule has 1 N–H and O–H groups in total. The van der Waals surface area contributed by atoms with Crippen LogP contribution in [0.5, 0.6) is 11.5 Å². The highest BCUT2D eigenvalue weighted by Gasteiger charge is 2.17. The first-order valence-electron chi connectivity index (χ1n) is 7.69. The zero-order valence-corrected chi connectivity index (χ0v) is 14.3. The van der Waals surface area contributed by atoms with E-state index in [4.69, 9.17) is 18.6 Å². The summed E-state index contributed by atoms with van der Waals surface area (Å²) in [5, 5.41) is 3.45. The number of hydrogen-bond donors (Lipinski definition) is 1. The second-order valence-corrected chi connectivity index (χ2v) is 5.37. The molecule has 0 aliphatic carbocycles. The van der Waals surface area contributed by atoms with Crippen LogP contribution in [-0.4, -0.2) is 34.0 Å². The van der Waals surface area contributed by atoms with E-state index in [1.54, 1.807) is 20.3 Å². The predicted molar refractivity (Wildman–Crippen MR) is 94.1 cm³/mol. The van der Waals surface area contributed by atoms with E-state index in [-0.39, 0.29) is 12.6 Å². The maximum Gasteiger partial charge on any atom is 0.257 e. The van der Waals surface area contributed by atoms with Crippen molar-refractivity contribution >= 4 is 16.9 Å². The van der Waals surface area contributed by atoms with Crippen LogP contribution in [0.4, 0.5) is 0 Å². The van der Waals surface area contributed by atoms with Crippen LogP contribution >= 0.6 is 0 Å². The first-order chi connectivity index (χ1) is 12.2. The minimum Gasteiger partial charge on any atom is -0.497 e. The molecule has 0 bridgehead atoms. The van der Waals surface area contributed by atoms with Crippen molar-refractivity contribution in [1.29, 1.82) is 0 Å². The van der Waals surface area contributed by atoms with E-state index in [1.807, 2.05) is 36.4 Å². The van der Waals surface area contributed by atoms with Gasteiger partial charge in [0.15, 0.2) is 0 Å². The van der Waals surface area contributed by atoms with Crippen LogP contribution in [0.15, 0.2) is 46.9 Å². The van der Waals surface area contributed by atoms with Gasteiger partial charge in [0, 0.05) is 18.1 Å². The Morgan fingerprint density at radius 2 is 1.72 bits per heavy atom. The highest BCUT2D eigenvalue weighted by molar-refractivity contribution is 6.06. The second kappa shape index (κ2) is 7.27. The standard InChI is InChI=1S/C19H19NO5/c1-22-11-20-19(21)16-10-15(24-3)8-13-9-17(25-18(13)16)12-4-6-14(23-2)7-5-12/h4-10H,11H2,1-3H3,(H,20,21). The molecule has 6 heteroatoms. The monoisotopic (exact) mass is 341 g/mol. The molecule has 0 atom stereocenters. The molecular weight excluding hydrogens is 322 g/mol. The number of nitrogens with one attached hydrogen (secondary N) is 1. The lowest BCUT2D eigenvalue weighted by Crippen LogP contribution is -2.25. The molecular formula is C19H19NO5. The second-order valence-electron chi connectivity index (χ2n) is 5.37. The molecule has 0 radical (unpaired) electrons. The Labute approximate surface area is 145 Å². The summed E-state index contributed by atoms with van der Waals surface area (Å²) in [6, 6.07) is 12.9. The number of carbonyl (C=O) groups is 1. The third-order valence-electron chi connectivity index (χ3n) is 3.82. The van der Waals surface area contributed by atoms with E-state index in [0.29, 0.717) is 22.7 Å². The van der Waals surface area contributed by atoms with Crippen molar-refractivity contribution in [2.75, 3.05) is 28.1 Å². The van der Waals surface area contributed by atoms with Crippen LogP contribution in [-0.2, 0) is 4.74 Å². The van der Waals surface area contributed by atoms with E-state index < -0.39 is 0 Å². The zero-order valence-electron chi connectivity index (χ0n) is 14.3. The number of furan rings is 1. The molecule has 0 fully saturated rings. The molecule has 0 saturated carbocycles. The summed E-state index contributed by atoms with van der Waals surface area (Å²) in [5.74, 6) is 1.71. The summed E-state index contributed by atoms with van der Waals surface area (Å²) in [6.07, 6.45) is 0. The predicted octanol–water partition coefficient (Wildman–Crippen LogP) is 3.45. The van der Waals surface area contributed by atoms with E-state index in [9.17, 15) is 4.79 Å². The topological polar surface area (TPSA) is 69.9 Å². The summed E-state index contributed by atoms with van der Waals surface area (Å²) in [6.45, 7) is 0.115. The SMILES string of the molecule is COCNC(=O)c1cc(OC)cc2cc(-c3ccc(OC)cc3)oc12. The Morgan fingerprint density at radius 1 is 1.00 bits per heavy atom. The highest BCUT2D eigenvalue weighted by atomic mass is 16.5. The molecule has 1 aromatic heterocycles. The lowest BCUT2D eigenvalue weighted by Gasteiger charge is -2.07.